The lowest BCUT2D eigenvalue weighted by molar-refractivity contribution is -0.137. The van der Waals surface area contributed by atoms with Crippen molar-refractivity contribution in [2.75, 3.05) is 18.4 Å². The van der Waals surface area contributed by atoms with Crippen molar-refractivity contribution in [2.24, 2.45) is 0 Å². The Hall–Kier alpha value is -3.34. The van der Waals surface area contributed by atoms with Gasteiger partial charge in [-0.15, -0.1) is 16.4 Å². The molecule has 11 heteroatoms. The number of anilines is 1. The number of piperidine rings is 1. The van der Waals surface area contributed by atoms with Crippen LogP contribution >= 0.6 is 11.3 Å². The number of carbonyl (C=O) groups excluding carboxylic acids is 1. The minimum Gasteiger partial charge on any atom is -0.366 e. The molecule has 1 amide bonds. The molecule has 1 aromatic carbocycles. The number of thiophene rings is 1. The minimum absolute atomic E-state index is 0.105. The number of hydrogen-bond acceptors (Lipinski definition) is 7. The van der Waals surface area contributed by atoms with Crippen molar-refractivity contribution in [3.8, 4) is 0 Å². The van der Waals surface area contributed by atoms with Crippen LogP contribution in [0.1, 0.15) is 40.0 Å². The first-order valence-electron chi connectivity index (χ1n) is 10.8. The number of aryl methyl sites for hydroxylation is 2. The van der Waals surface area contributed by atoms with Gasteiger partial charge in [0.05, 0.1) is 21.5 Å². The van der Waals surface area contributed by atoms with E-state index < -0.39 is 11.7 Å². The second-order valence-electron chi connectivity index (χ2n) is 8.38. The van der Waals surface area contributed by atoms with E-state index in [1.165, 1.54) is 29.8 Å². The van der Waals surface area contributed by atoms with E-state index in [4.69, 9.17) is 0 Å². The maximum Gasteiger partial charge on any atom is 0.416 e. The van der Waals surface area contributed by atoms with E-state index in [-0.39, 0.29) is 17.5 Å². The third-order valence-corrected chi connectivity index (χ3v) is 7.31. The summed E-state index contributed by atoms with van der Waals surface area (Å²) < 4.78 is 39.2. The van der Waals surface area contributed by atoms with Crippen LogP contribution in [0, 0.1) is 13.8 Å². The molecule has 34 heavy (non-hydrogen) atoms. The van der Waals surface area contributed by atoms with Crippen LogP contribution in [-0.2, 0) is 6.18 Å². The van der Waals surface area contributed by atoms with Crippen molar-refractivity contribution in [2.45, 2.75) is 38.9 Å². The monoisotopic (exact) mass is 486 g/mol. The van der Waals surface area contributed by atoms with Crippen LogP contribution in [0.4, 0.5) is 19.0 Å². The SMILES string of the molecule is Cc1nnc2sc3c(NC4CCN(C(=O)c5ccc(C(F)(F)F)cc5)CC4)ncnc3c2c1C. The van der Waals surface area contributed by atoms with Gasteiger partial charge in [-0.25, -0.2) is 9.97 Å². The lowest BCUT2D eigenvalue weighted by atomic mass is 10.0. The average Bonchev–Trinajstić information content (AvgIpc) is 3.21. The molecule has 176 valence electrons. The molecular weight excluding hydrogens is 465 g/mol. The molecule has 0 aliphatic carbocycles. The zero-order chi connectivity index (χ0) is 24.0. The van der Waals surface area contributed by atoms with Crippen LogP contribution in [0.2, 0.25) is 0 Å². The Bertz CT molecular complexity index is 1380. The maximum atomic E-state index is 12.8. The summed E-state index contributed by atoms with van der Waals surface area (Å²) in [5.41, 5.74) is 2.26. The lowest BCUT2D eigenvalue weighted by Crippen LogP contribution is -2.42. The number of amides is 1. The van der Waals surface area contributed by atoms with Gasteiger partial charge in [-0.3, -0.25) is 4.79 Å². The highest BCUT2D eigenvalue weighted by Crippen LogP contribution is 2.37. The summed E-state index contributed by atoms with van der Waals surface area (Å²) in [6.45, 7) is 4.94. The highest BCUT2D eigenvalue weighted by molar-refractivity contribution is 7.25. The predicted molar refractivity (Wildman–Crippen MR) is 124 cm³/mol. The number of nitrogens with one attached hydrogen (secondary N) is 1. The maximum absolute atomic E-state index is 12.8. The normalized spacial score (nSPS) is 15.3. The standard InChI is InChI=1S/C23H21F3N6OS/c1-12-13(2)30-31-21-17(12)18-19(34-21)20(28-11-27-18)29-16-7-9-32(10-8-16)22(33)14-3-5-15(6-4-14)23(24,25)26/h3-6,11,16H,7-10H2,1-2H3,(H,27,28,29). The number of alkyl halides is 3. The average molecular weight is 487 g/mol. The van der Waals surface area contributed by atoms with Gasteiger partial charge in [-0.1, -0.05) is 0 Å². The predicted octanol–water partition coefficient (Wildman–Crippen LogP) is 4.99. The smallest absolute Gasteiger partial charge is 0.366 e. The van der Waals surface area contributed by atoms with Gasteiger partial charge in [0.25, 0.3) is 5.91 Å². The summed E-state index contributed by atoms with van der Waals surface area (Å²) in [5, 5.41) is 13.0. The van der Waals surface area contributed by atoms with Gasteiger partial charge in [0.1, 0.15) is 17.0 Å². The number of benzene rings is 1. The van der Waals surface area contributed by atoms with Crippen LogP contribution in [0.25, 0.3) is 20.4 Å². The number of hydrogen-bond donors (Lipinski definition) is 1. The zero-order valence-corrected chi connectivity index (χ0v) is 19.3. The zero-order valence-electron chi connectivity index (χ0n) is 18.5. The Morgan fingerprint density at radius 1 is 1.09 bits per heavy atom. The molecule has 7 nitrogen and oxygen atoms in total. The van der Waals surface area contributed by atoms with E-state index in [0.717, 1.165) is 49.6 Å². The van der Waals surface area contributed by atoms with Gasteiger partial charge in [0, 0.05) is 30.1 Å². The summed E-state index contributed by atoms with van der Waals surface area (Å²) in [6.07, 6.45) is -1.49. The van der Waals surface area contributed by atoms with Gasteiger partial charge in [-0.2, -0.15) is 18.3 Å². The molecule has 1 aliphatic heterocycles. The molecule has 3 aromatic heterocycles. The molecule has 1 saturated heterocycles. The first kappa shape index (κ1) is 22.5. The topological polar surface area (TPSA) is 83.9 Å². The Morgan fingerprint density at radius 3 is 2.47 bits per heavy atom. The van der Waals surface area contributed by atoms with Gasteiger partial charge in [0.15, 0.2) is 0 Å². The Morgan fingerprint density at radius 2 is 1.79 bits per heavy atom. The number of likely N-dealkylation sites (tertiary alicyclic amines) is 1. The molecule has 0 spiro atoms. The molecular formula is C23H21F3N6OS. The number of aromatic nitrogens is 4. The van der Waals surface area contributed by atoms with Crippen LogP contribution in [0.5, 0.6) is 0 Å². The molecule has 1 aliphatic rings. The van der Waals surface area contributed by atoms with E-state index >= 15 is 0 Å². The van der Waals surface area contributed by atoms with Crippen molar-refractivity contribution in [3.05, 3.63) is 53.0 Å². The Labute approximate surface area is 197 Å². The van der Waals surface area contributed by atoms with Crippen LogP contribution in [-0.4, -0.2) is 50.1 Å². The van der Waals surface area contributed by atoms with Crippen molar-refractivity contribution in [3.63, 3.8) is 0 Å². The summed E-state index contributed by atoms with van der Waals surface area (Å²) >= 11 is 1.50. The quantitative estimate of drug-likeness (QED) is 0.439. The number of halogens is 3. The van der Waals surface area contributed by atoms with Crippen molar-refractivity contribution in [1.82, 2.24) is 25.1 Å². The minimum atomic E-state index is -4.42. The van der Waals surface area contributed by atoms with E-state index in [1.54, 1.807) is 4.90 Å². The first-order valence-corrected chi connectivity index (χ1v) is 11.6. The highest BCUT2D eigenvalue weighted by atomic mass is 32.1. The molecule has 1 N–H and O–H groups in total. The number of carbonyl (C=O) groups is 1. The van der Waals surface area contributed by atoms with Crippen LogP contribution in [0.15, 0.2) is 30.6 Å². The summed E-state index contributed by atoms with van der Waals surface area (Å²) in [7, 11) is 0. The van der Waals surface area contributed by atoms with Gasteiger partial charge in [0.2, 0.25) is 0 Å². The summed E-state index contributed by atoms with van der Waals surface area (Å²) in [5.74, 6) is 0.475. The molecule has 4 aromatic rings. The fourth-order valence-corrected chi connectivity index (χ4v) is 5.28. The fourth-order valence-electron chi connectivity index (χ4n) is 4.19. The van der Waals surface area contributed by atoms with Gasteiger partial charge < -0.3 is 10.2 Å². The van der Waals surface area contributed by atoms with Crippen molar-refractivity contribution in [1.29, 1.82) is 0 Å². The molecule has 0 bridgehead atoms. The Balaban J connectivity index is 1.29. The second kappa shape index (κ2) is 8.46. The molecule has 0 saturated carbocycles. The van der Waals surface area contributed by atoms with E-state index in [1.807, 2.05) is 13.8 Å². The molecule has 0 atom stereocenters. The molecule has 5 rings (SSSR count). The third kappa shape index (κ3) is 4.04. The largest absolute Gasteiger partial charge is 0.416 e. The summed E-state index contributed by atoms with van der Waals surface area (Å²) in [4.78, 5) is 24.2. The number of fused-ring (bicyclic) bond motifs is 3. The first-order chi connectivity index (χ1) is 16.2. The van der Waals surface area contributed by atoms with Gasteiger partial charge >= 0.3 is 6.18 Å². The Kier molecular flexibility index (Phi) is 5.59. The highest BCUT2D eigenvalue weighted by Gasteiger charge is 2.31. The van der Waals surface area contributed by atoms with Crippen molar-refractivity contribution >= 4 is 43.5 Å². The third-order valence-electron chi connectivity index (χ3n) is 6.24. The van der Waals surface area contributed by atoms with E-state index in [9.17, 15) is 18.0 Å². The van der Waals surface area contributed by atoms with E-state index in [0.29, 0.717) is 25.9 Å². The molecule has 1 fully saturated rings. The van der Waals surface area contributed by atoms with Crippen molar-refractivity contribution < 1.29 is 18.0 Å². The fraction of sp³-hybridized carbons (Fsp3) is 0.348. The number of rotatable bonds is 3. The number of nitrogens with zero attached hydrogens (tertiary/aromatic N) is 5. The summed E-state index contributed by atoms with van der Waals surface area (Å²) in [6, 6.07) is 4.47. The molecule has 0 radical (unpaired) electrons. The molecule has 4 heterocycles. The van der Waals surface area contributed by atoms with E-state index in [2.05, 4.69) is 25.5 Å². The van der Waals surface area contributed by atoms with Gasteiger partial charge in [-0.05, 0) is 56.5 Å². The van der Waals surface area contributed by atoms with Crippen LogP contribution < -0.4 is 5.32 Å². The second-order valence-corrected chi connectivity index (χ2v) is 9.38. The van der Waals surface area contributed by atoms with Crippen LogP contribution in [0.3, 0.4) is 0 Å². The molecule has 0 unspecified atom stereocenters. The lowest BCUT2D eigenvalue weighted by Gasteiger charge is -2.32.